The van der Waals surface area contributed by atoms with Crippen LogP contribution >= 0.6 is 0 Å². The van der Waals surface area contributed by atoms with Gasteiger partial charge in [0.2, 0.25) is 0 Å². The smallest absolute Gasteiger partial charge is 0.123 e. The van der Waals surface area contributed by atoms with Crippen molar-refractivity contribution in [1.82, 2.24) is 20.3 Å². The normalized spacial score (nSPS) is 19.6. The highest BCUT2D eigenvalue weighted by Gasteiger charge is 2.31. The number of nitrogens with zero attached hydrogens (tertiary/aromatic N) is 2. The summed E-state index contributed by atoms with van der Waals surface area (Å²) in [5.41, 5.74) is 2.65. The second-order valence-corrected chi connectivity index (χ2v) is 5.45. The van der Waals surface area contributed by atoms with Gasteiger partial charge in [-0.2, -0.15) is 0 Å². The maximum Gasteiger partial charge on any atom is 0.123 e. The molecule has 2 heterocycles. The van der Waals surface area contributed by atoms with Crippen molar-refractivity contribution in [2.45, 2.75) is 44.6 Å². The summed E-state index contributed by atoms with van der Waals surface area (Å²) in [6.45, 7) is 3.20. The third-order valence-corrected chi connectivity index (χ3v) is 4.07. The van der Waals surface area contributed by atoms with E-state index in [4.69, 9.17) is 0 Å². The first kappa shape index (κ1) is 13.3. The van der Waals surface area contributed by atoms with Crippen LogP contribution in [-0.4, -0.2) is 21.5 Å². The van der Waals surface area contributed by atoms with E-state index in [2.05, 4.69) is 33.3 Å². The molecule has 4 nitrogen and oxygen atoms in total. The number of aromatic amines is 1. The Hall–Kier alpha value is -1.68. The maximum atomic E-state index is 4.66. The van der Waals surface area contributed by atoms with Crippen LogP contribution in [-0.2, 0) is 6.42 Å². The van der Waals surface area contributed by atoms with E-state index >= 15 is 0 Å². The Balaban J connectivity index is 1.92. The van der Waals surface area contributed by atoms with E-state index in [9.17, 15) is 0 Å². The highest BCUT2D eigenvalue weighted by Crippen LogP contribution is 2.38. The molecule has 2 atom stereocenters. The molecule has 0 radical (unpaired) electrons. The van der Waals surface area contributed by atoms with E-state index < -0.39 is 0 Å². The summed E-state index contributed by atoms with van der Waals surface area (Å²) in [5.74, 6) is 1.44. The number of hydrogen-bond acceptors (Lipinski definition) is 3. The minimum atomic E-state index is 0.235. The molecule has 0 aliphatic heterocycles. The Bertz CT molecular complexity index is 535. The van der Waals surface area contributed by atoms with Gasteiger partial charge in [0.05, 0.1) is 6.04 Å². The number of imidazole rings is 1. The number of aromatic nitrogens is 3. The molecule has 3 rings (SSSR count). The van der Waals surface area contributed by atoms with E-state index in [0.29, 0.717) is 5.92 Å². The number of nitrogens with one attached hydrogen (secondary N) is 2. The molecular formula is C16H22N4. The molecule has 0 saturated carbocycles. The van der Waals surface area contributed by atoms with Crippen molar-refractivity contribution in [1.29, 1.82) is 0 Å². The number of rotatable bonds is 5. The van der Waals surface area contributed by atoms with Gasteiger partial charge in [0.15, 0.2) is 0 Å². The molecule has 2 unspecified atom stereocenters. The number of hydrogen-bond donors (Lipinski definition) is 2. The minimum Gasteiger partial charge on any atom is -0.347 e. The summed E-state index contributed by atoms with van der Waals surface area (Å²) in [6, 6.07) is 4.50. The Morgan fingerprint density at radius 3 is 3.15 bits per heavy atom. The topological polar surface area (TPSA) is 53.6 Å². The maximum absolute atomic E-state index is 4.66. The van der Waals surface area contributed by atoms with Crippen LogP contribution in [0, 0.1) is 0 Å². The van der Waals surface area contributed by atoms with E-state index in [1.165, 1.54) is 24.1 Å². The zero-order chi connectivity index (χ0) is 13.8. The van der Waals surface area contributed by atoms with Crippen LogP contribution in [0.2, 0.25) is 0 Å². The van der Waals surface area contributed by atoms with Gasteiger partial charge in [-0.1, -0.05) is 13.0 Å². The lowest BCUT2D eigenvalue weighted by atomic mass is 9.81. The number of H-pyrrole nitrogens is 1. The summed E-state index contributed by atoms with van der Waals surface area (Å²) in [5, 5.41) is 3.65. The Labute approximate surface area is 120 Å². The van der Waals surface area contributed by atoms with Crippen molar-refractivity contribution in [3.8, 4) is 0 Å². The van der Waals surface area contributed by atoms with E-state index in [1.807, 2.05) is 24.7 Å². The first-order chi connectivity index (χ1) is 9.90. The molecule has 2 N–H and O–H groups in total. The van der Waals surface area contributed by atoms with Gasteiger partial charge in [0, 0.05) is 30.2 Å². The van der Waals surface area contributed by atoms with Crippen molar-refractivity contribution in [2.75, 3.05) is 6.54 Å². The SMILES string of the molecule is CCCNC(c1ncc[nH]1)C1CCCc2cccnc21. The van der Waals surface area contributed by atoms with Gasteiger partial charge in [-0.05, 0) is 43.9 Å². The predicted molar refractivity (Wildman–Crippen MR) is 79.5 cm³/mol. The lowest BCUT2D eigenvalue weighted by molar-refractivity contribution is 0.382. The van der Waals surface area contributed by atoms with Crippen LogP contribution in [0.25, 0.3) is 0 Å². The molecule has 0 saturated heterocycles. The van der Waals surface area contributed by atoms with E-state index in [1.54, 1.807) is 0 Å². The Morgan fingerprint density at radius 2 is 2.35 bits per heavy atom. The summed E-state index contributed by atoms with van der Waals surface area (Å²) in [7, 11) is 0. The van der Waals surface area contributed by atoms with Crippen molar-refractivity contribution in [2.24, 2.45) is 0 Å². The predicted octanol–water partition coefficient (Wildman–Crippen LogP) is 2.97. The second kappa shape index (κ2) is 6.18. The van der Waals surface area contributed by atoms with Gasteiger partial charge in [-0.3, -0.25) is 4.98 Å². The van der Waals surface area contributed by atoms with Gasteiger partial charge in [0.1, 0.15) is 5.82 Å². The zero-order valence-electron chi connectivity index (χ0n) is 12.0. The van der Waals surface area contributed by atoms with Crippen LogP contribution in [0.1, 0.15) is 55.2 Å². The third-order valence-electron chi connectivity index (χ3n) is 4.07. The van der Waals surface area contributed by atoms with Crippen molar-refractivity contribution in [3.63, 3.8) is 0 Å². The molecule has 106 valence electrons. The summed E-state index contributed by atoms with van der Waals surface area (Å²) in [4.78, 5) is 12.4. The summed E-state index contributed by atoms with van der Waals surface area (Å²) in [6.07, 6.45) is 10.3. The van der Waals surface area contributed by atoms with Crippen LogP contribution in [0.5, 0.6) is 0 Å². The third kappa shape index (κ3) is 2.61. The highest BCUT2D eigenvalue weighted by molar-refractivity contribution is 5.28. The molecule has 0 bridgehead atoms. The van der Waals surface area contributed by atoms with E-state index in [0.717, 1.165) is 25.2 Å². The van der Waals surface area contributed by atoms with Crippen LogP contribution in [0.4, 0.5) is 0 Å². The van der Waals surface area contributed by atoms with Crippen molar-refractivity contribution >= 4 is 0 Å². The molecule has 4 heteroatoms. The number of pyridine rings is 1. The summed E-state index contributed by atoms with van der Waals surface area (Å²) < 4.78 is 0. The quantitative estimate of drug-likeness (QED) is 0.878. The lowest BCUT2D eigenvalue weighted by Crippen LogP contribution is -2.31. The average molecular weight is 270 g/mol. The second-order valence-electron chi connectivity index (χ2n) is 5.45. The fourth-order valence-electron chi connectivity index (χ4n) is 3.15. The fourth-order valence-corrected chi connectivity index (χ4v) is 3.15. The van der Waals surface area contributed by atoms with Crippen molar-refractivity contribution in [3.05, 3.63) is 47.8 Å². The first-order valence-electron chi connectivity index (χ1n) is 7.56. The lowest BCUT2D eigenvalue weighted by Gasteiger charge is -2.31. The fraction of sp³-hybridized carbons (Fsp3) is 0.500. The van der Waals surface area contributed by atoms with Gasteiger partial charge in [-0.15, -0.1) is 0 Å². The van der Waals surface area contributed by atoms with Crippen LogP contribution < -0.4 is 5.32 Å². The van der Waals surface area contributed by atoms with Gasteiger partial charge >= 0.3 is 0 Å². The Morgan fingerprint density at radius 1 is 1.40 bits per heavy atom. The van der Waals surface area contributed by atoms with E-state index in [-0.39, 0.29) is 6.04 Å². The molecule has 20 heavy (non-hydrogen) atoms. The monoisotopic (exact) mass is 270 g/mol. The number of fused-ring (bicyclic) bond motifs is 1. The molecule has 2 aromatic rings. The first-order valence-corrected chi connectivity index (χ1v) is 7.56. The van der Waals surface area contributed by atoms with Gasteiger partial charge in [-0.25, -0.2) is 4.98 Å². The van der Waals surface area contributed by atoms with Gasteiger partial charge < -0.3 is 10.3 Å². The molecule has 1 aliphatic rings. The molecule has 0 aromatic carbocycles. The van der Waals surface area contributed by atoms with Crippen LogP contribution in [0.15, 0.2) is 30.7 Å². The number of aryl methyl sites for hydroxylation is 1. The highest BCUT2D eigenvalue weighted by atomic mass is 15.0. The summed E-state index contributed by atoms with van der Waals surface area (Å²) >= 11 is 0. The standard InChI is InChI=1S/C16H22N4/c1-2-8-17-15(16-19-10-11-20-16)13-7-3-5-12-6-4-9-18-14(12)13/h4,6,9-11,13,15,17H,2-3,5,7-8H2,1H3,(H,19,20). The van der Waals surface area contributed by atoms with Crippen molar-refractivity contribution < 1.29 is 0 Å². The van der Waals surface area contributed by atoms with Crippen LogP contribution in [0.3, 0.4) is 0 Å². The minimum absolute atomic E-state index is 0.235. The molecule has 2 aromatic heterocycles. The molecule has 0 fully saturated rings. The molecular weight excluding hydrogens is 248 g/mol. The Kier molecular flexibility index (Phi) is 4.11. The largest absolute Gasteiger partial charge is 0.347 e. The average Bonchev–Trinajstić information content (AvgIpc) is 3.02. The molecule has 0 amide bonds. The zero-order valence-corrected chi connectivity index (χ0v) is 12.0. The van der Waals surface area contributed by atoms with Gasteiger partial charge in [0.25, 0.3) is 0 Å². The molecule has 1 aliphatic carbocycles. The molecule has 0 spiro atoms.